The van der Waals surface area contributed by atoms with Crippen LogP contribution in [0.1, 0.15) is 58.4 Å². The summed E-state index contributed by atoms with van der Waals surface area (Å²) in [7, 11) is 0. The molecule has 0 radical (unpaired) electrons. The molecule has 1 aromatic rings. The van der Waals surface area contributed by atoms with E-state index in [0.29, 0.717) is 17.0 Å². The second-order valence-corrected chi connectivity index (χ2v) is 7.59. The summed E-state index contributed by atoms with van der Waals surface area (Å²) in [4.78, 5) is 12.3. The van der Waals surface area contributed by atoms with Crippen LogP contribution >= 0.6 is 0 Å². The highest BCUT2D eigenvalue weighted by Gasteiger charge is 2.36. The van der Waals surface area contributed by atoms with E-state index in [9.17, 15) is 10.1 Å². The molecule has 136 valence electrons. The average Bonchev–Trinajstić information content (AvgIpc) is 2.52. The third kappa shape index (κ3) is 5.28. The Morgan fingerprint density at radius 3 is 2.60 bits per heavy atom. The lowest BCUT2D eigenvalue weighted by Crippen LogP contribution is -2.54. The van der Waals surface area contributed by atoms with E-state index >= 15 is 0 Å². The van der Waals surface area contributed by atoms with Crippen LogP contribution in [0.25, 0.3) is 0 Å². The van der Waals surface area contributed by atoms with E-state index in [1.165, 1.54) is 0 Å². The number of hydrogen-bond donors (Lipinski definition) is 2. The maximum Gasteiger partial charge on any atom is 0.408 e. The molecule has 0 aromatic heterocycles. The summed E-state index contributed by atoms with van der Waals surface area (Å²) in [5.74, 6) is 0.443. The Morgan fingerprint density at radius 2 is 2.00 bits per heavy atom. The van der Waals surface area contributed by atoms with Gasteiger partial charge >= 0.3 is 6.09 Å². The van der Waals surface area contributed by atoms with Crippen LogP contribution in [0.5, 0.6) is 5.75 Å². The minimum absolute atomic E-state index is 0.282. The first-order valence-corrected chi connectivity index (χ1v) is 8.67. The number of anilines is 1. The first-order chi connectivity index (χ1) is 11.7. The topological polar surface area (TPSA) is 97.4 Å². The number of carbonyl (C=O) groups is 1. The molecule has 6 nitrogen and oxygen atoms in total. The quantitative estimate of drug-likeness (QED) is 0.810. The van der Waals surface area contributed by atoms with E-state index in [-0.39, 0.29) is 6.61 Å². The SMILES string of the molecule is CC(C)(C)OC(=O)NC1(COc2cccc(N)c2C#N)CCCCC1. The number of rotatable bonds is 4. The number of nitrogens with two attached hydrogens (primary N) is 1. The van der Waals surface area contributed by atoms with Gasteiger partial charge in [-0.1, -0.05) is 25.3 Å². The van der Waals surface area contributed by atoms with Crippen molar-refractivity contribution < 1.29 is 14.3 Å². The van der Waals surface area contributed by atoms with Gasteiger partial charge in [0, 0.05) is 0 Å². The maximum absolute atomic E-state index is 12.3. The first-order valence-electron chi connectivity index (χ1n) is 8.67. The molecule has 0 aliphatic heterocycles. The molecule has 0 unspecified atom stereocenters. The molecule has 6 heteroatoms. The number of amides is 1. The van der Waals surface area contributed by atoms with Gasteiger partial charge < -0.3 is 20.5 Å². The Morgan fingerprint density at radius 1 is 1.32 bits per heavy atom. The van der Waals surface area contributed by atoms with Crippen molar-refractivity contribution in [3.05, 3.63) is 23.8 Å². The predicted molar refractivity (Wildman–Crippen MR) is 96.3 cm³/mol. The van der Waals surface area contributed by atoms with E-state index in [4.69, 9.17) is 15.2 Å². The first kappa shape index (κ1) is 18.9. The highest BCUT2D eigenvalue weighted by molar-refractivity contribution is 5.69. The molecule has 25 heavy (non-hydrogen) atoms. The van der Waals surface area contributed by atoms with E-state index in [1.807, 2.05) is 20.8 Å². The molecule has 1 fully saturated rings. The van der Waals surface area contributed by atoms with Gasteiger partial charge in [-0.3, -0.25) is 0 Å². The monoisotopic (exact) mass is 345 g/mol. The fourth-order valence-corrected chi connectivity index (χ4v) is 3.06. The minimum Gasteiger partial charge on any atom is -0.490 e. The molecule has 1 aliphatic rings. The van der Waals surface area contributed by atoms with Crippen LogP contribution in [0.3, 0.4) is 0 Å². The zero-order valence-electron chi connectivity index (χ0n) is 15.2. The summed E-state index contributed by atoms with van der Waals surface area (Å²) in [6, 6.07) is 7.21. The third-order valence-corrected chi connectivity index (χ3v) is 4.25. The number of hydrogen-bond acceptors (Lipinski definition) is 5. The number of carbonyl (C=O) groups excluding carboxylic acids is 1. The zero-order valence-corrected chi connectivity index (χ0v) is 15.2. The van der Waals surface area contributed by atoms with Gasteiger partial charge in [-0.2, -0.15) is 5.26 Å². The van der Waals surface area contributed by atoms with Crippen molar-refractivity contribution in [1.29, 1.82) is 5.26 Å². The molecule has 1 saturated carbocycles. The molecule has 0 bridgehead atoms. The standard InChI is InChI=1S/C19H27N3O3/c1-18(2,3)25-17(23)22-19(10-5-4-6-11-19)13-24-16-9-7-8-15(21)14(16)12-20/h7-9H,4-6,10-11,13,21H2,1-3H3,(H,22,23). The van der Waals surface area contributed by atoms with Gasteiger partial charge in [0.05, 0.1) is 11.2 Å². The Hall–Kier alpha value is -2.42. The third-order valence-electron chi connectivity index (χ3n) is 4.25. The smallest absolute Gasteiger partial charge is 0.408 e. The Kier molecular flexibility index (Phi) is 5.78. The lowest BCUT2D eigenvalue weighted by Gasteiger charge is -2.38. The largest absolute Gasteiger partial charge is 0.490 e. The summed E-state index contributed by atoms with van der Waals surface area (Å²) in [5, 5.41) is 12.3. The van der Waals surface area contributed by atoms with E-state index < -0.39 is 17.2 Å². The van der Waals surface area contributed by atoms with Gasteiger partial charge in [0.15, 0.2) is 0 Å². The molecule has 3 N–H and O–H groups in total. The van der Waals surface area contributed by atoms with Crippen LogP contribution in [0.4, 0.5) is 10.5 Å². The van der Waals surface area contributed by atoms with Crippen LogP contribution in [0.15, 0.2) is 18.2 Å². The van der Waals surface area contributed by atoms with Crippen LogP contribution in [0, 0.1) is 11.3 Å². The van der Waals surface area contributed by atoms with Crippen molar-refractivity contribution in [2.24, 2.45) is 0 Å². The summed E-state index contributed by atoms with van der Waals surface area (Å²) >= 11 is 0. The van der Waals surface area contributed by atoms with Crippen molar-refractivity contribution in [2.75, 3.05) is 12.3 Å². The maximum atomic E-state index is 12.3. The number of nitrogens with zero attached hydrogens (tertiary/aromatic N) is 1. The number of ether oxygens (including phenoxy) is 2. The summed E-state index contributed by atoms with van der Waals surface area (Å²) in [6.07, 6.45) is 4.36. The number of alkyl carbamates (subject to hydrolysis) is 1. The molecular formula is C19H27N3O3. The second-order valence-electron chi connectivity index (χ2n) is 7.59. The molecule has 1 amide bonds. The average molecular weight is 345 g/mol. The van der Waals surface area contributed by atoms with Gasteiger partial charge in [-0.15, -0.1) is 0 Å². The molecule has 1 aromatic carbocycles. The molecule has 2 rings (SSSR count). The summed E-state index contributed by atoms with van der Waals surface area (Å²) in [5.41, 5.74) is 5.50. The highest BCUT2D eigenvalue weighted by Crippen LogP contribution is 2.31. The van der Waals surface area contributed by atoms with Crippen LogP contribution in [0.2, 0.25) is 0 Å². The van der Waals surface area contributed by atoms with E-state index in [0.717, 1.165) is 32.1 Å². The zero-order chi connectivity index (χ0) is 18.5. The number of nitrogens with one attached hydrogen (secondary N) is 1. The molecular weight excluding hydrogens is 318 g/mol. The van der Waals surface area contributed by atoms with Crippen LogP contribution in [-0.2, 0) is 4.74 Å². The molecule has 0 atom stereocenters. The lowest BCUT2D eigenvalue weighted by atomic mass is 9.82. The van der Waals surface area contributed by atoms with E-state index in [2.05, 4.69) is 11.4 Å². The fourth-order valence-electron chi connectivity index (χ4n) is 3.06. The van der Waals surface area contributed by atoms with Crippen molar-refractivity contribution in [2.45, 2.75) is 64.0 Å². The van der Waals surface area contributed by atoms with Crippen molar-refractivity contribution in [3.8, 4) is 11.8 Å². The normalized spacial score (nSPS) is 16.6. The lowest BCUT2D eigenvalue weighted by molar-refractivity contribution is 0.0364. The Balaban J connectivity index is 2.12. The van der Waals surface area contributed by atoms with Gasteiger partial charge in [0.25, 0.3) is 0 Å². The Bertz CT molecular complexity index is 653. The van der Waals surface area contributed by atoms with Crippen molar-refractivity contribution in [1.82, 2.24) is 5.32 Å². The van der Waals surface area contributed by atoms with Crippen LogP contribution in [-0.4, -0.2) is 23.8 Å². The van der Waals surface area contributed by atoms with Crippen LogP contribution < -0.4 is 15.8 Å². The minimum atomic E-state index is -0.553. The molecule has 1 aliphatic carbocycles. The van der Waals surface area contributed by atoms with Gasteiger partial charge in [-0.25, -0.2) is 4.79 Å². The predicted octanol–water partition coefficient (Wildman–Crippen LogP) is 3.75. The molecule has 0 heterocycles. The highest BCUT2D eigenvalue weighted by atomic mass is 16.6. The van der Waals surface area contributed by atoms with Crippen molar-refractivity contribution >= 4 is 11.8 Å². The fraction of sp³-hybridized carbons (Fsp3) is 0.579. The molecule has 0 saturated heterocycles. The number of benzene rings is 1. The summed E-state index contributed by atoms with van der Waals surface area (Å²) < 4.78 is 11.3. The Labute approximate surface area is 149 Å². The van der Waals surface area contributed by atoms with Gasteiger partial charge in [-0.05, 0) is 45.7 Å². The van der Waals surface area contributed by atoms with Gasteiger partial charge in [0.2, 0.25) is 0 Å². The van der Waals surface area contributed by atoms with Crippen molar-refractivity contribution in [3.63, 3.8) is 0 Å². The van der Waals surface area contributed by atoms with Gasteiger partial charge in [0.1, 0.15) is 29.6 Å². The molecule has 0 spiro atoms. The number of nitriles is 1. The second kappa shape index (κ2) is 7.64. The summed E-state index contributed by atoms with van der Waals surface area (Å²) in [6.45, 7) is 5.79. The van der Waals surface area contributed by atoms with E-state index in [1.54, 1.807) is 18.2 Å². The number of nitrogen functional groups attached to an aromatic ring is 1.